The van der Waals surface area contributed by atoms with Gasteiger partial charge in [-0.25, -0.2) is 0 Å². The van der Waals surface area contributed by atoms with Gasteiger partial charge in [0.25, 0.3) is 5.91 Å². The number of para-hydroxylation sites is 2. The molecule has 3 aromatic carbocycles. The molecule has 0 saturated carbocycles. The van der Waals surface area contributed by atoms with Crippen LogP contribution in [0.2, 0.25) is 0 Å². The van der Waals surface area contributed by atoms with Gasteiger partial charge in [0, 0.05) is 28.7 Å². The molecule has 4 nitrogen and oxygen atoms in total. The van der Waals surface area contributed by atoms with Crippen molar-refractivity contribution >= 4 is 11.6 Å². The van der Waals surface area contributed by atoms with E-state index in [4.69, 9.17) is 0 Å². The van der Waals surface area contributed by atoms with Gasteiger partial charge in [-0.3, -0.25) is 9.59 Å². The zero-order valence-electron chi connectivity index (χ0n) is 20.4. The van der Waals surface area contributed by atoms with E-state index in [0.29, 0.717) is 5.69 Å². The molecule has 1 heterocycles. The van der Waals surface area contributed by atoms with Gasteiger partial charge in [-0.05, 0) is 62.4 Å². The number of aryl methyl sites for hydroxylation is 5. The number of hydrogen-bond acceptors (Lipinski definition) is 2. The van der Waals surface area contributed by atoms with Gasteiger partial charge >= 0.3 is 0 Å². The second-order valence-corrected chi connectivity index (χ2v) is 8.73. The number of anilines is 1. The molecule has 1 aromatic heterocycles. The Morgan fingerprint density at radius 1 is 0.824 bits per heavy atom. The third-order valence-corrected chi connectivity index (χ3v) is 6.36. The maximum Gasteiger partial charge on any atom is 0.261 e. The van der Waals surface area contributed by atoms with E-state index >= 15 is 0 Å². The summed E-state index contributed by atoms with van der Waals surface area (Å²) in [5.41, 5.74) is 7.88. The first-order chi connectivity index (χ1) is 16.3. The van der Waals surface area contributed by atoms with Crippen molar-refractivity contribution in [2.45, 2.75) is 41.0 Å². The second kappa shape index (κ2) is 9.52. The molecule has 172 valence electrons. The van der Waals surface area contributed by atoms with Gasteiger partial charge in [0.05, 0.1) is 5.69 Å². The zero-order chi connectivity index (χ0) is 24.4. The minimum Gasteiger partial charge on any atom is -0.321 e. The van der Waals surface area contributed by atoms with Gasteiger partial charge in [0.15, 0.2) is 5.43 Å². The average molecular weight is 451 g/mol. The van der Waals surface area contributed by atoms with Gasteiger partial charge < -0.3 is 9.88 Å². The highest BCUT2D eigenvalue weighted by atomic mass is 16.2. The Kier molecular flexibility index (Phi) is 6.51. The highest BCUT2D eigenvalue weighted by molar-refractivity contribution is 6.09. The third kappa shape index (κ3) is 4.19. The summed E-state index contributed by atoms with van der Waals surface area (Å²) in [5.74, 6) is -0.394. The Balaban J connectivity index is 2.03. The number of hydrogen-bond donors (Lipinski definition) is 1. The van der Waals surface area contributed by atoms with Gasteiger partial charge in [-0.2, -0.15) is 0 Å². The second-order valence-electron chi connectivity index (χ2n) is 8.73. The number of carbonyl (C=O) groups excluding carboxylic acids is 1. The molecule has 0 spiro atoms. The molecule has 0 fully saturated rings. The number of rotatable bonds is 5. The summed E-state index contributed by atoms with van der Waals surface area (Å²) in [5, 5.41) is 3.08. The highest BCUT2D eigenvalue weighted by Gasteiger charge is 2.24. The number of amides is 1. The van der Waals surface area contributed by atoms with Gasteiger partial charge in [0.2, 0.25) is 0 Å². The highest BCUT2D eigenvalue weighted by Crippen LogP contribution is 2.31. The summed E-state index contributed by atoms with van der Waals surface area (Å²) < 4.78 is 2.03. The van der Waals surface area contributed by atoms with Crippen LogP contribution in [0.3, 0.4) is 0 Å². The lowest BCUT2D eigenvalue weighted by Gasteiger charge is -2.23. The topological polar surface area (TPSA) is 51.1 Å². The zero-order valence-corrected chi connectivity index (χ0v) is 20.4. The first-order valence-corrected chi connectivity index (χ1v) is 11.6. The molecule has 0 aliphatic heterocycles. The third-order valence-electron chi connectivity index (χ3n) is 6.36. The van der Waals surface area contributed by atoms with Gasteiger partial charge in [-0.15, -0.1) is 0 Å². The molecule has 1 N–H and O–H groups in total. The Bertz CT molecular complexity index is 1450. The van der Waals surface area contributed by atoms with Crippen molar-refractivity contribution < 1.29 is 4.79 Å². The van der Waals surface area contributed by atoms with Crippen molar-refractivity contribution in [1.29, 1.82) is 0 Å². The lowest BCUT2D eigenvalue weighted by Crippen LogP contribution is -2.27. The van der Waals surface area contributed by atoms with Crippen LogP contribution in [0.25, 0.3) is 16.9 Å². The Labute approximate surface area is 200 Å². The number of aromatic nitrogens is 1. The van der Waals surface area contributed by atoms with Crippen LogP contribution in [-0.4, -0.2) is 10.5 Å². The standard InChI is InChI=1S/C30H30N2O2/c1-6-23-15-11-14-21(4)28(23)31-30(34)27-26(33)18-22(5)32(25-17-10-8-13-20(25)3)29(27)24-16-9-7-12-19(24)2/h7-18H,6H2,1-5H3,(H,31,34). The summed E-state index contributed by atoms with van der Waals surface area (Å²) in [4.78, 5) is 27.2. The normalized spacial score (nSPS) is 10.9. The minimum atomic E-state index is -0.394. The van der Waals surface area contributed by atoms with Crippen LogP contribution in [-0.2, 0) is 6.42 Å². The molecule has 0 aliphatic carbocycles. The van der Waals surface area contributed by atoms with E-state index in [9.17, 15) is 9.59 Å². The molecule has 1 amide bonds. The Hall–Kier alpha value is -3.92. The number of carbonyl (C=O) groups is 1. The molecule has 0 bridgehead atoms. The first-order valence-electron chi connectivity index (χ1n) is 11.6. The Morgan fingerprint density at radius 2 is 1.47 bits per heavy atom. The molecule has 0 saturated heterocycles. The number of benzene rings is 3. The predicted octanol–water partition coefficient (Wildman–Crippen LogP) is 6.55. The lowest BCUT2D eigenvalue weighted by molar-refractivity contribution is 0.102. The molecule has 0 radical (unpaired) electrons. The van der Waals surface area contributed by atoms with Crippen molar-refractivity contribution in [2.75, 3.05) is 5.32 Å². The number of nitrogens with one attached hydrogen (secondary N) is 1. The summed E-state index contributed by atoms with van der Waals surface area (Å²) in [6.07, 6.45) is 0.781. The molecule has 0 atom stereocenters. The summed E-state index contributed by atoms with van der Waals surface area (Å²) in [6, 6.07) is 23.4. The molecule has 0 unspecified atom stereocenters. The van der Waals surface area contributed by atoms with Crippen molar-refractivity contribution in [3.63, 3.8) is 0 Å². The van der Waals surface area contributed by atoms with Crippen LogP contribution in [0.5, 0.6) is 0 Å². The number of nitrogens with zero attached hydrogens (tertiary/aromatic N) is 1. The minimum absolute atomic E-state index is 0.147. The fraction of sp³-hybridized carbons (Fsp3) is 0.200. The lowest BCUT2D eigenvalue weighted by atomic mass is 9.97. The molecule has 4 heteroatoms. The van der Waals surface area contributed by atoms with Crippen LogP contribution in [0, 0.1) is 27.7 Å². The van der Waals surface area contributed by atoms with E-state index in [1.165, 1.54) is 0 Å². The number of pyridine rings is 1. The summed E-state index contributed by atoms with van der Waals surface area (Å²) in [7, 11) is 0. The summed E-state index contributed by atoms with van der Waals surface area (Å²) >= 11 is 0. The SMILES string of the molecule is CCc1cccc(C)c1NC(=O)c1c(-c2ccccc2C)n(-c2ccccc2C)c(C)cc1=O. The van der Waals surface area contributed by atoms with Crippen LogP contribution < -0.4 is 10.7 Å². The molecule has 0 aliphatic rings. The van der Waals surface area contributed by atoms with Gasteiger partial charge in [0.1, 0.15) is 5.56 Å². The average Bonchev–Trinajstić information content (AvgIpc) is 2.81. The van der Waals surface area contributed by atoms with Crippen LogP contribution in [0.1, 0.15) is 45.2 Å². The monoisotopic (exact) mass is 450 g/mol. The van der Waals surface area contributed by atoms with E-state index in [1.807, 2.05) is 99.0 Å². The molecule has 34 heavy (non-hydrogen) atoms. The smallest absolute Gasteiger partial charge is 0.261 e. The van der Waals surface area contributed by atoms with E-state index in [-0.39, 0.29) is 11.0 Å². The molecular formula is C30H30N2O2. The van der Waals surface area contributed by atoms with Crippen LogP contribution >= 0.6 is 0 Å². The Morgan fingerprint density at radius 3 is 2.15 bits per heavy atom. The van der Waals surface area contributed by atoms with Crippen LogP contribution in [0.15, 0.2) is 77.6 Å². The fourth-order valence-corrected chi connectivity index (χ4v) is 4.55. The van der Waals surface area contributed by atoms with Gasteiger partial charge in [-0.1, -0.05) is 67.6 Å². The predicted molar refractivity (Wildman–Crippen MR) is 140 cm³/mol. The van der Waals surface area contributed by atoms with E-state index in [2.05, 4.69) is 12.2 Å². The van der Waals surface area contributed by atoms with Crippen molar-refractivity contribution in [2.24, 2.45) is 0 Å². The van der Waals surface area contributed by atoms with E-state index in [1.54, 1.807) is 6.07 Å². The maximum atomic E-state index is 13.8. The maximum absolute atomic E-state index is 13.8. The molecule has 4 rings (SSSR count). The fourth-order valence-electron chi connectivity index (χ4n) is 4.55. The molecule has 4 aromatic rings. The van der Waals surface area contributed by atoms with Crippen molar-refractivity contribution in [3.05, 3.63) is 117 Å². The largest absolute Gasteiger partial charge is 0.321 e. The first kappa shape index (κ1) is 23.2. The summed E-state index contributed by atoms with van der Waals surface area (Å²) in [6.45, 7) is 9.98. The van der Waals surface area contributed by atoms with Crippen molar-refractivity contribution in [3.8, 4) is 16.9 Å². The van der Waals surface area contributed by atoms with Crippen molar-refractivity contribution in [1.82, 2.24) is 4.57 Å². The van der Waals surface area contributed by atoms with E-state index in [0.717, 1.165) is 51.3 Å². The quantitative estimate of drug-likeness (QED) is 0.375. The van der Waals surface area contributed by atoms with E-state index < -0.39 is 5.91 Å². The van der Waals surface area contributed by atoms with Crippen LogP contribution in [0.4, 0.5) is 5.69 Å². The molecular weight excluding hydrogens is 420 g/mol.